The van der Waals surface area contributed by atoms with Crippen molar-refractivity contribution in [2.45, 2.75) is 5.16 Å². The minimum absolute atomic E-state index is 0.0939. The molecule has 3 aromatic rings. The largest absolute Gasteiger partial charge is 0.497 e. The molecule has 2 aromatic carbocycles. The average molecular weight is 373 g/mol. The van der Waals surface area contributed by atoms with E-state index in [-0.39, 0.29) is 11.5 Å². The Morgan fingerprint density at radius 2 is 2.00 bits per heavy atom. The van der Waals surface area contributed by atoms with E-state index in [1.807, 2.05) is 0 Å². The van der Waals surface area contributed by atoms with E-state index in [1.54, 1.807) is 36.4 Å². The molecule has 0 bridgehead atoms. The maximum atomic E-state index is 14.0. The molecule has 0 radical (unpaired) electrons. The van der Waals surface area contributed by atoms with Gasteiger partial charge in [-0.05, 0) is 30.3 Å². The number of Topliss-reactive ketones (excluding diaryl/α,β-unsaturated/α-hetero) is 1. The standard InChI is InChI=1S/C18H16FN3O3S/c1-24-12-7-8-17(25-2)13(9-12)16(23)10-26-18-21-20-11-22(18)15-6-4-3-5-14(15)19/h3-9,11H,10H2,1-2H3. The van der Waals surface area contributed by atoms with Crippen LogP contribution in [0.5, 0.6) is 11.5 Å². The Balaban J connectivity index is 1.80. The van der Waals surface area contributed by atoms with Gasteiger partial charge in [0.05, 0.1) is 31.2 Å². The molecule has 0 aliphatic carbocycles. The van der Waals surface area contributed by atoms with Crippen molar-refractivity contribution >= 4 is 17.5 Å². The number of methoxy groups -OCH3 is 2. The number of hydrogen-bond acceptors (Lipinski definition) is 6. The van der Waals surface area contributed by atoms with E-state index in [9.17, 15) is 9.18 Å². The van der Waals surface area contributed by atoms with E-state index < -0.39 is 5.82 Å². The third-order valence-corrected chi connectivity index (χ3v) is 4.61. The van der Waals surface area contributed by atoms with Gasteiger partial charge in [-0.2, -0.15) is 0 Å². The molecule has 0 unspecified atom stereocenters. The molecule has 0 aliphatic heterocycles. The highest BCUT2D eigenvalue weighted by atomic mass is 32.2. The van der Waals surface area contributed by atoms with Crippen molar-refractivity contribution in [1.29, 1.82) is 0 Å². The molecular weight excluding hydrogens is 357 g/mol. The summed E-state index contributed by atoms with van der Waals surface area (Å²) in [7, 11) is 3.03. The molecule has 0 N–H and O–H groups in total. The summed E-state index contributed by atoms with van der Waals surface area (Å²) < 4.78 is 25.9. The zero-order valence-electron chi connectivity index (χ0n) is 14.2. The minimum Gasteiger partial charge on any atom is -0.497 e. The van der Waals surface area contributed by atoms with Crippen LogP contribution in [0.1, 0.15) is 10.4 Å². The minimum atomic E-state index is -0.394. The van der Waals surface area contributed by atoms with Crippen molar-refractivity contribution < 1.29 is 18.7 Å². The summed E-state index contributed by atoms with van der Waals surface area (Å²) in [5.41, 5.74) is 0.739. The van der Waals surface area contributed by atoms with Crippen LogP contribution >= 0.6 is 11.8 Å². The van der Waals surface area contributed by atoms with Crippen LogP contribution < -0.4 is 9.47 Å². The summed E-state index contributed by atoms with van der Waals surface area (Å²) in [5, 5.41) is 8.22. The molecule has 8 heteroatoms. The van der Waals surface area contributed by atoms with Crippen LogP contribution in [-0.4, -0.2) is 40.5 Å². The van der Waals surface area contributed by atoms with Gasteiger partial charge >= 0.3 is 0 Å². The highest BCUT2D eigenvalue weighted by Crippen LogP contribution is 2.27. The Morgan fingerprint density at radius 3 is 2.73 bits per heavy atom. The third kappa shape index (κ3) is 3.70. The zero-order valence-corrected chi connectivity index (χ0v) is 15.0. The van der Waals surface area contributed by atoms with Gasteiger partial charge in [0.1, 0.15) is 23.6 Å². The first-order chi connectivity index (χ1) is 12.6. The number of rotatable bonds is 7. The number of halogens is 1. The first-order valence-electron chi connectivity index (χ1n) is 7.67. The fourth-order valence-corrected chi connectivity index (χ4v) is 3.18. The monoisotopic (exact) mass is 373 g/mol. The smallest absolute Gasteiger partial charge is 0.196 e. The van der Waals surface area contributed by atoms with Crippen molar-refractivity contribution in [2.75, 3.05) is 20.0 Å². The molecule has 0 aliphatic rings. The number of nitrogens with zero attached hydrogens (tertiary/aromatic N) is 3. The van der Waals surface area contributed by atoms with Crippen molar-refractivity contribution in [2.24, 2.45) is 0 Å². The average Bonchev–Trinajstić information content (AvgIpc) is 3.14. The molecule has 1 heterocycles. The summed E-state index contributed by atoms with van der Waals surface area (Å²) in [6.07, 6.45) is 1.41. The van der Waals surface area contributed by atoms with E-state index in [4.69, 9.17) is 9.47 Å². The van der Waals surface area contributed by atoms with Crippen LogP contribution in [0.2, 0.25) is 0 Å². The summed E-state index contributed by atoms with van der Waals surface area (Å²) in [6.45, 7) is 0. The van der Waals surface area contributed by atoms with Crippen LogP contribution in [-0.2, 0) is 0 Å². The van der Waals surface area contributed by atoms with Crippen molar-refractivity contribution in [3.63, 3.8) is 0 Å². The lowest BCUT2D eigenvalue weighted by Gasteiger charge is -2.10. The lowest BCUT2D eigenvalue weighted by atomic mass is 10.1. The first-order valence-corrected chi connectivity index (χ1v) is 8.65. The molecule has 26 heavy (non-hydrogen) atoms. The normalized spacial score (nSPS) is 10.6. The lowest BCUT2D eigenvalue weighted by Crippen LogP contribution is -2.07. The molecule has 1 aromatic heterocycles. The Morgan fingerprint density at radius 1 is 1.19 bits per heavy atom. The van der Waals surface area contributed by atoms with Gasteiger partial charge in [-0.1, -0.05) is 23.9 Å². The van der Waals surface area contributed by atoms with Crippen molar-refractivity contribution in [3.8, 4) is 17.2 Å². The highest BCUT2D eigenvalue weighted by molar-refractivity contribution is 7.99. The van der Waals surface area contributed by atoms with Gasteiger partial charge in [0, 0.05) is 0 Å². The fraction of sp³-hybridized carbons (Fsp3) is 0.167. The zero-order chi connectivity index (χ0) is 18.5. The summed E-state index contributed by atoms with van der Waals surface area (Å²) >= 11 is 1.17. The quantitative estimate of drug-likeness (QED) is 0.467. The summed E-state index contributed by atoms with van der Waals surface area (Å²) in [4.78, 5) is 12.6. The molecule has 0 atom stereocenters. The van der Waals surface area contributed by atoms with Crippen LogP contribution in [0.15, 0.2) is 53.9 Å². The number of thioether (sulfide) groups is 1. The Bertz CT molecular complexity index is 930. The predicted molar refractivity (Wildman–Crippen MR) is 95.9 cm³/mol. The van der Waals surface area contributed by atoms with Crippen molar-refractivity contribution in [3.05, 3.63) is 60.2 Å². The molecule has 0 spiro atoms. The number of ketones is 1. The van der Waals surface area contributed by atoms with Crippen LogP contribution in [0.3, 0.4) is 0 Å². The van der Waals surface area contributed by atoms with Gasteiger partial charge in [-0.3, -0.25) is 9.36 Å². The summed E-state index contributed by atoms with van der Waals surface area (Å²) in [6, 6.07) is 11.3. The van der Waals surface area contributed by atoms with Gasteiger partial charge in [0.15, 0.2) is 10.9 Å². The maximum absolute atomic E-state index is 14.0. The van der Waals surface area contributed by atoms with Gasteiger partial charge in [-0.15, -0.1) is 10.2 Å². The SMILES string of the molecule is COc1ccc(OC)c(C(=O)CSc2nncn2-c2ccccc2F)c1. The Hall–Kier alpha value is -2.87. The van der Waals surface area contributed by atoms with E-state index in [0.29, 0.717) is 27.9 Å². The highest BCUT2D eigenvalue weighted by Gasteiger charge is 2.17. The number of carbonyl (C=O) groups excluding carboxylic acids is 1. The van der Waals surface area contributed by atoms with Crippen LogP contribution in [0.25, 0.3) is 5.69 Å². The van der Waals surface area contributed by atoms with Crippen LogP contribution in [0.4, 0.5) is 4.39 Å². The van der Waals surface area contributed by atoms with Gasteiger partial charge < -0.3 is 9.47 Å². The van der Waals surface area contributed by atoms with Crippen LogP contribution in [0, 0.1) is 5.82 Å². The second kappa shape index (κ2) is 8.01. The first kappa shape index (κ1) is 17.9. The topological polar surface area (TPSA) is 66.2 Å². The van der Waals surface area contributed by atoms with Gasteiger partial charge in [0.25, 0.3) is 0 Å². The number of carbonyl (C=O) groups is 1. The van der Waals surface area contributed by atoms with Gasteiger partial charge in [-0.25, -0.2) is 4.39 Å². The molecule has 134 valence electrons. The number of para-hydroxylation sites is 1. The number of benzene rings is 2. The molecule has 6 nitrogen and oxygen atoms in total. The molecular formula is C18H16FN3O3S. The number of hydrogen-bond donors (Lipinski definition) is 0. The van der Waals surface area contributed by atoms with E-state index >= 15 is 0 Å². The van der Waals surface area contributed by atoms with E-state index in [2.05, 4.69) is 10.2 Å². The van der Waals surface area contributed by atoms with Crippen molar-refractivity contribution in [1.82, 2.24) is 14.8 Å². The number of aromatic nitrogens is 3. The second-order valence-electron chi connectivity index (χ2n) is 5.21. The second-order valence-corrected chi connectivity index (χ2v) is 6.16. The van der Waals surface area contributed by atoms with Gasteiger partial charge in [0.2, 0.25) is 0 Å². The predicted octanol–water partition coefficient (Wildman–Crippen LogP) is 3.40. The molecule has 0 fully saturated rings. The third-order valence-electron chi connectivity index (χ3n) is 3.67. The lowest BCUT2D eigenvalue weighted by molar-refractivity contribution is 0.101. The fourth-order valence-electron chi connectivity index (χ4n) is 2.37. The molecule has 3 rings (SSSR count). The number of ether oxygens (including phenoxy) is 2. The Labute approximate surface area is 154 Å². The summed E-state index contributed by atoms with van der Waals surface area (Å²) in [5.74, 6) is 0.570. The molecule has 0 saturated heterocycles. The van der Waals surface area contributed by atoms with E-state index in [0.717, 1.165) is 0 Å². The molecule has 0 saturated carbocycles. The van der Waals surface area contributed by atoms with E-state index in [1.165, 1.54) is 42.9 Å². The molecule has 0 amide bonds. The Kier molecular flexibility index (Phi) is 5.52. The maximum Gasteiger partial charge on any atom is 0.196 e.